The van der Waals surface area contributed by atoms with Crippen LogP contribution in [0.3, 0.4) is 0 Å². The number of halogens is 1. The number of rotatable bonds is 3. The Balaban J connectivity index is 2.15. The lowest BCUT2D eigenvalue weighted by atomic mass is 10.1. The maximum Gasteiger partial charge on any atom is 0.271 e. The van der Waals surface area contributed by atoms with Gasteiger partial charge in [-0.05, 0) is 59.8 Å². The number of hydrogen-bond donors (Lipinski definition) is 3. The molecule has 2 aromatic carbocycles. The van der Waals surface area contributed by atoms with Gasteiger partial charge in [-0.1, -0.05) is 6.07 Å². The first-order valence-electron chi connectivity index (χ1n) is 6.10. The number of phenols is 2. The zero-order valence-electron chi connectivity index (χ0n) is 11.2. The molecule has 0 saturated heterocycles. The van der Waals surface area contributed by atoms with Crippen molar-refractivity contribution in [2.75, 3.05) is 0 Å². The average Bonchev–Trinajstić information content (AvgIpc) is 2.44. The Bertz CT molecular complexity index is 714. The summed E-state index contributed by atoms with van der Waals surface area (Å²) in [5.74, 6) is -0.460. The van der Waals surface area contributed by atoms with Crippen molar-refractivity contribution in [3.63, 3.8) is 0 Å². The predicted octanol–water partition coefficient (Wildman–Crippen LogP) is 2.86. The lowest BCUT2D eigenvalue weighted by molar-refractivity contribution is 0.0954. The number of carbonyl (C=O) groups excluding carboxylic acids is 1. The predicted molar refractivity (Wildman–Crippen MR) is 88.6 cm³/mol. The third kappa shape index (κ3) is 3.94. The molecular weight excluding hydrogens is 383 g/mol. The number of nitrogens with one attached hydrogen (secondary N) is 1. The van der Waals surface area contributed by atoms with Crippen molar-refractivity contribution in [3.05, 3.63) is 57.2 Å². The Labute approximate surface area is 135 Å². The van der Waals surface area contributed by atoms with Gasteiger partial charge in [0.15, 0.2) is 0 Å². The first-order valence-corrected chi connectivity index (χ1v) is 7.18. The number of carbonyl (C=O) groups is 1. The van der Waals surface area contributed by atoms with E-state index in [9.17, 15) is 15.0 Å². The Morgan fingerprint density at radius 3 is 2.62 bits per heavy atom. The molecule has 2 rings (SSSR count). The number of nitrogens with zero attached hydrogens (tertiary/aromatic N) is 1. The lowest BCUT2D eigenvalue weighted by Gasteiger charge is -2.05. The molecule has 21 heavy (non-hydrogen) atoms. The second-order valence-electron chi connectivity index (χ2n) is 4.35. The molecule has 3 N–H and O–H groups in total. The van der Waals surface area contributed by atoms with Gasteiger partial charge in [-0.3, -0.25) is 4.79 Å². The topological polar surface area (TPSA) is 81.9 Å². The number of amides is 1. The molecule has 0 unspecified atom stereocenters. The van der Waals surface area contributed by atoms with Crippen LogP contribution in [0.5, 0.6) is 11.5 Å². The van der Waals surface area contributed by atoms with Crippen LogP contribution in [-0.2, 0) is 0 Å². The van der Waals surface area contributed by atoms with Crippen LogP contribution in [0.2, 0.25) is 0 Å². The molecule has 1 amide bonds. The van der Waals surface area contributed by atoms with Gasteiger partial charge >= 0.3 is 0 Å². The molecule has 0 aliphatic heterocycles. The molecule has 5 nitrogen and oxygen atoms in total. The molecular formula is C15H13IN2O3. The molecule has 0 aromatic heterocycles. The standard InChI is InChI=1S/C15H13IN2O3/c1-9(13-6-5-12(19)8-14(13)20)17-18-15(21)10-3-2-4-11(16)7-10/h2-8,19-20H,1H3,(H,18,21). The lowest BCUT2D eigenvalue weighted by Crippen LogP contribution is -2.19. The number of phenolic OH excluding ortho intramolecular Hbond substituents is 2. The summed E-state index contributed by atoms with van der Waals surface area (Å²) in [6.45, 7) is 1.65. The van der Waals surface area contributed by atoms with Crippen molar-refractivity contribution in [3.8, 4) is 11.5 Å². The van der Waals surface area contributed by atoms with Crippen LogP contribution >= 0.6 is 22.6 Å². The first-order chi connectivity index (χ1) is 9.97. The van der Waals surface area contributed by atoms with Crippen LogP contribution in [0.1, 0.15) is 22.8 Å². The van der Waals surface area contributed by atoms with Crippen LogP contribution in [-0.4, -0.2) is 21.8 Å². The highest BCUT2D eigenvalue weighted by Crippen LogP contribution is 2.22. The van der Waals surface area contributed by atoms with E-state index in [2.05, 4.69) is 33.1 Å². The summed E-state index contributed by atoms with van der Waals surface area (Å²) in [7, 11) is 0. The highest BCUT2D eigenvalue weighted by atomic mass is 127. The van der Waals surface area contributed by atoms with Crippen LogP contribution in [0.25, 0.3) is 0 Å². The molecule has 0 radical (unpaired) electrons. The Morgan fingerprint density at radius 1 is 1.19 bits per heavy atom. The summed E-state index contributed by atoms with van der Waals surface area (Å²) in [6.07, 6.45) is 0. The summed E-state index contributed by atoms with van der Waals surface area (Å²) < 4.78 is 0.956. The highest BCUT2D eigenvalue weighted by Gasteiger charge is 2.08. The molecule has 0 fully saturated rings. The molecule has 6 heteroatoms. The molecule has 0 heterocycles. The van der Waals surface area contributed by atoms with Gasteiger partial charge in [-0.2, -0.15) is 5.10 Å². The fourth-order valence-electron chi connectivity index (χ4n) is 1.72. The maximum atomic E-state index is 11.9. The zero-order chi connectivity index (χ0) is 15.4. The molecule has 108 valence electrons. The molecule has 0 bridgehead atoms. The summed E-state index contributed by atoms with van der Waals surface area (Å²) in [6, 6.07) is 11.3. The second-order valence-corrected chi connectivity index (χ2v) is 5.60. The summed E-state index contributed by atoms with van der Waals surface area (Å²) >= 11 is 2.12. The van der Waals surface area contributed by atoms with E-state index in [4.69, 9.17) is 0 Å². The molecule has 0 aliphatic carbocycles. The molecule has 0 spiro atoms. The van der Waals surface area contributed by atoms with Crippen LogP contribution in [0.4, 0.5) is 0 Å². The summed E-state index contributed by atoms with van der Waals surface area (Å²) in [4.78, 5) is 11.9. The number of aromatic hydroxyl groups is 2. The number of benzene rings is 2. The fraction of sp³-hybridized carbons (Fsp3) is 0.0667. The monoisotopic (exact) mass is 396 g/mol. The minimum Gasteiger partial charge on any atom is -0.508 e. The molecule has 0 aliphatic rings. The Morgan fingerprint density at radius 2 is 1.95 bits per heavy atom. The molecule has 0 saturated carbocycles. The van der Waals surface area contributed by atoms with E-state index in [0.29, 0.717) is 16.8 Å². The van der Waals surface area contributed by atoms with Crippen molar-refractivity contribution in [1.82, 2.24) is 5.43 Å². The largest absolute Gasteiger partial charge is 0.508 e. The van der Waals surface area contributed by atoms with Gasteiger partial charge in [0.25, 0.3) is 5.91 Å². The minimum absolute atomic E-state index is 0.0352. The minimum atomic E-state index is -0.328. The van der Waals surface area contributed by atoms with Gasteiger partial charge in [-0.25, -0.2) is 5.43 Å². The van der Waals surface area contributed by atoms with E-state index in [0.717, 1.165) is 3.57 Å². The van der Waals surface area contributed by atoms with Crippen molar-refractivity contribution in [1.29, 1.82) is 0 Å². The van der Waals surface area contributed by atoms with Crippen molar-refractivity contribution < 1.29 is 15.0 Å². The normalized spacial score (nSPS) is 11.2. The van der Waals surface area contributed by atoms with E-state index in [1.54, 1.807) is 25.1 Å². The first kappa shape index (κ1) is 15.3. The SMILES string of the molecule is CC(=NNC(=O)c1cccc(I)c1)c1ccc(O)cc1O. The molecule has 0 atom stereocenters. The average molecular weight is 396 g/mol. The third-order valence-corrected chi connectivity index (χ3v) is 3.45. The summed E-state index contributed by atoms with van der Waals surface area (Å²) in [5, 5.41) is 22.9. The zero-order valence-corrected chi connectivity index (χ0v) is 13.3. The Kier molecular flexibility index (Phi) is 4.79. The van der Waals surface area contributed by atoms with E-state index in [1.165, 1.54) is 18.2 Å². The van der Waals surface area contributed by atoms with Gasteiger partial charge in [-0.15, -0.1) is 0 Å². The van der Waals surface area contributed by atoms with Crippen molar-refractivity contribution in [2.24, 2.45) is 5.10 Å². The fourth-order valence-corrected chi connectivity index (χ4v) is 2.26. The molecule has 2 aromatic rings. The van der Waals surface area contributed by atoms with E-state index < -0.39 is 0 Å². The van der Waals surface area contributed by atoms with Crippen molar-refractivity contribution in [2.45, 2.75) is 6.92 Å². The van der Waals surface area contributed by atoms with Crippen molar-refractivity contribution >= 4 is 34.2 Å². The maximum absolute atomic E-state index is 11.9. The van der Waals surface area contributed by atoms with E-state index in [1.807, 2.05) is 6.07 Å². The van der Waals surface area contributed by atoms with Gasteiger partial charge < -0.3 is 10.2 Å². The third-order valence-electron chi connectivity index (χ3n) is 2.78. The van der Waals surface area contributed by atoms with Crippen LogP contribution < -0.4 is 5.43 Å². The number of hydrazone groups is 1. The Hall–Kier alpha value is -2.09. The van der Waals surface area contributed by atoms with Crippen LogP contribution in [0.15, 0.2) is 47.6 Å². The van der Waals surface area contributed by atoms with Gasteiger partial charge in [0.1, 0.15) is 11.5 Å². The van der Waals surface area contributed by atoms with E-state index in [-0.39, 0.29) is 17.4 Å². The smallest absolute Gasteiger partial charge is 0.271 e. The highest BCUT2D eigenvalue weighted by molar-refractivity contribution is 14.1. The number of hydrogen-bond acceptors (Lipinski definition) is 4. The second kappa shape index (κ2) is 6.57. The quantitative estimate of drug-likeness (QED) is 0.424. The van der Waals surface area contributed by atoms with Gasteiger partial charge in [0.2, 0.25) is 0 Å². The summed E-state index contributed by atoms with van der Waals surface area (Å²) in [5.41, 5.74) is 3.82. The van der Waals surface area contributed by atoms with Crippen LogP contribution in [0, 0.1) is 3.57 Å². The van der Waals surface area contributed by atoms with Gasteiger partial charge in [0, 0.05) is 20.8 Å². The van der Waals surface area contributed by atoms with E-state index >= 15 is 0 Å². The van der Waals surface area contributed by atoms with Gasteiger partial charge in [0.05, 0.1) is 5.71 Å².